The lowest BCUT2D eigenvalue weighted by molar-refractivity contribution is 0.0258. The molecule has 1 unspecified atom stereocenters. The number of nitrogens with one attached hydrogen (secondary N) is 2. The second kappa shape index (κ2) is 15.1. The van der Waals surface area contributed by atoms with Gasteiger partial charge in [-0.1, -0.05) is 38.1 Å². The summed E-state index contributed by atoms with van der Waals surface area (Å²) in [5.74, 6) is 1.33. The molecule has 0 spiro atoms. The van der Waals surface area contributed by atoms with Crippen LogP contribution in [0.4, 0.5) is 0 Å². The van der Waals surface area contributed by atoms with Gasteiger partial charge in [-0.25, -0.2) is 0 Å². The number of hydrogen-bond acceptors (Lipinski definition) is 3. The minimum absolute atomic E-state index is 0. The molecule has 0 radical (unpaired) electrons. The highest BCUT2D eigenvalue weighted by atomic mass is 127. The average molecular weight is 491 g/mol. The van der Waals surface area contributed by atoms with Gasteiger partial charge in [0.15, 0.2) is 5.96 Å². The summed E-state index contributed by atoms with van der Waals surface area (Å²) in [7, 11) is 1.80. The van der Waals surface area contributed by atoms with E-state index in [9.17, 15) is 0 Å². The van der Waals surface area contributed by atoms with Crippen LogP contribution in [0, 0.1) is 5.92 Å². The summed E-state index contributed by atoms with van der Waals surface area (Å²) in [5, 5.41) is 6.72. The molecule has 0 aliphatic carbocycles. The Kier molecular flexibility index (Phi) is 14.6. The molecule has 0 aliphatic rings. The molecule has 2 N–H and O–H groups in total. The van der Waals surface area contributed by atoms with Gasteiger partial charge in [0.05, 0.1) is 18.8 Å². The molecule has 1 atom stereocenters. The van der Waals surface area contributed by atoms with Crippen LogP contribution in [0.3, 0.4) is 0 Å². The molecule has 5 nitrogen and oxygen atoms in total. The minimum atomic E-state index is 0. The van der Waals surface area contributed by atoms with Gasteiger partial charge in [0.2, 0.25) is 0 Å². The lowest BCUT2D eigenvalue weighted by Crippen LogP contribution is -2.38. The zero-order chi connectivity index (χ0) is 19.4. The SMILES string of the molecule is CCOC(CCNC(=NC)NCc1ccc(COC(C)C)cc1)C(C)C.I. The molecule has 0 saturated heterocycles. The lowest BCUT2D eigenvalue weighted by atomic mass is 10.0. The summed E-state index contributed by atoms with van der Waals surface area (Å²) in [6, 6.07) is 8.49. The van der Waals surface area contributed by atoms with Crippen LogP contribution in [0.25, 0.3) is 0 Å². The maximum atomic E-state index is 5.78. The third kappa shape index (κ3) is 11.5. The summed E-state index contributed by atoms with van der Waals surface area (Å²) >= 11 is 0. The molecule has 27 heavy (non-hydrogen) atoms. The van der Waals surface area contributed by atoms with E-state index in [0.717, 1.165) is 32.1 Å². The first-order valence-electron chi connectivity index (χ1n) is 9.71. The number of ether oxygens (including phenoxy) is 2. The Morgan fingerprint density at radius 1 is 1.00 bits per heavy atom. The molecule has 0 heterocycles. The van der Waals surface area contributed by atoms with E-state index < -0.39 is 0 Å². The Morgan fingerprint density at radius 3 is 2.15 bits per heavy atom. The van der Waals surface area contributed by atoms with Crippen molar-refractivity contribution in [3.05, 3.63) is 35.4 Å². The molecule has 1 aromatic rings. The van der Waals surface area contributed by atoms with Crippen molar-refractivity contribution >= 4 is 29.9 Å². The fourth-order valence-electron chi connectivity index (χ4n) is 2.58. The van der Waals surface area contributed by atoms with Gasteiger partial charge in [-0.2, -0.15) is 0 Å². The highest BCUT2D eigenvalue weighted by molar-refractivity contribution is 14.0. The Bertz CT molecular complexity index is 519. The molecule has 0 amide bonds. The van der Waals surface area contributed by atoms with Crippen LogP contribution in [-0.2, 0) is 22.6 Å². The molecule has 6 heteroatoms. The van der Waals surface area contributed by atoms with Gasteiger partial charge < -0.3 is 20.1 Å². The molecule has 1 rings (SSSR count). The highest BCUT2D eigenvalue weighted by Gasteiger charge is 2.12. The van der Waals surface area contributed by atoms with Crippen molar-refractivity contribution in [3.8, 4) is 0 Å². The van der Waals surface area contributed by atoms with Crippen LogP contribution in [-0.4, -0.2) is 38.4 Å². The number of aliphatic imine (C=N–C) groups is 1. The van der Waals surface area contributed by atoms with Gasteiger partial charge in [0.1, 0.15) is 0 Å². The third-order valence-electron chi connectivity index (χ3n) is 4.14. The van der Waals surface area contributed by atoms with Crippen molar-refractivity contribution in [1.82, 2.24) is 10.6 Å². The van der Waals surface area contributed by atoms with Crippen molar-refractivity contribution in [2.75, 3.05) is 20.2 Å². The van der Waals surface area contributed by atoms with Gasteiger partial charge in [-0.15, -0.1) is 24.0 Å². The predicted molar refractivity (Wildman–Crippen MR) is 125 cm³/mol. The van der Waals surface area contributed by atoms with Crippen LogP contribution >= 0.6 is 24.0 Å². The third-order valence-corrected chi connectivity index (χ3v) is 4.14. The maximum absolute atomic E-state index is 5.78. The number of nitrogens with zero attached hydrogens (tertiary/aromatic N) is 1. The van der Waals surface area contributed by atoms with Crippen LogP contribution in [0.2, 0.25) is 0 Å². The van der Waals surface area contributed by atoms with Gasteiger partial charge in [0.25, 0.3) is 0 Å². The monoisotopic (exact) mass is 491 g/mol. The second-order valence-electron chi connectivity index (χ2n) is 7.06. The van der Waals surface area contributed by atoms with Gasteiger partial charge in [-0.3, -0.25) is 4.99 Å². The number of hydrogen-bond donors (Lipinski definition) is 2. The topological polar surface area (TPSA) is 54.9 Å². The normalized spacial score (nSPS) is 12.8. The number of halogens is 1. The summed E-state index contributed by atoms with van der Waals surface area (Å²) in [5.41, 5.74) is 2.41. The fraction of sp³-hybridized carbons (Fsp3) is 0.667. The minimum Gasteiger partial charge on any atom is -0.378 e. The summed E-state index contributed by atoms with van der Waals surface area (Å²) in [6.07, 6.45) is 1.51. The maximum Gasteiger partial charge on any atom is 0.191 e. The van der Waals surface area contributed by atoms with Gasteiger partial charge in [-0.05, 0) is 44.2 Å². The van der Waals surface area contributed by atoms with E-state index in [-0.39, 0.29) is 36.2 Å². The van der Waals surface area contributed by atoms with Crippen LogP contribution in [0.5, 0.6) is 0 Å². The summed E-state index contributed by atoms with van der Waals surface area (Å²) in [4.78, 5) is 4.29. The molecule has 0 bridgehead atoms. The first-order chi connectivity index (χ1) is 12.5. The van der Waals surface area contributed by atoms with E-state index in [2.05, 4.69) is 67.6 Å². The van der Waals surface area contributed by atoms with E-state index in [0.29, 0.717) is 12.5 Å². The highest BCUT2D eigenvalue weighted by Crippen LogP contribution is 2.10. The van der Waals surface area contributed by atoms with Crippen LogP contribution < -0.4 is 10.6 Å². The standard InChI is InChI=1S/C21H37N3O2.HI/c1-7-25-20(16(2)3)12-13-23-21(22-6)24-14-18-8-10-19(11-9-18)15-26-17(4)5;/h8-11,16-17,20H,7,12-15H2,1-6H3,(H2,22,23,24);1H. The Labute approximate surface area is 182 Å². The zero-order valence-corrected chi connectivity index (χ0v) is 20.1. The Hall–Kier alpha value is -0.860. The first-order valence-corrected chi connectivity index (χ1v) is 9.71. The number of benzene rings is 1. The first kappa shape index (κ1) is 26.1. The molecule has 0 saturated carbocycles. The molecular formula is C21H38IN3O2. The van der Waals surface area contributed by atoms with Gasteiger partial charge >= 0.3 is 0 Å². The van der Waals surface area contributed by atoms with Crippen molar-refractivity contribution in [2.45, 2.75) is 66.4 Å². The molecular weight excluding hydrogens is 453 g/mol. The molecule has 1 aromatic carbocycles. The second-order valence-corrected chi connectivity index (χ2v) is 7.06. The molecule has 156 valence electrons. The Morgan fingerprint density at radius 2 is 1.63 bits per heavy atom. The van der Waals surface area contributed by atoms with Crippen molar-refractivity contribution in [3.63, 3.8) is 0 Å². The quantitative estimate of drug-likeness (QED) is 0.275. The summed E-state index contributed by atoms with van der Waals surface area (Å²) in [6.45, 7) is 13.5. The molecule has 0 fully saturated rings. The van der Waals surface area contributed by atoms with Gasteiger partial charge in [0, 0.05) is 26.7 Å². The lowest BCUT2D eigenvalue weighted by Gasteiger charge is -2.21. The van der Waals surface area contributed by atoms with E-state index >= 15 is 0 Å². The molecule has 0 aromatic heterocycles. The Balaban J connectivity index is 0.00000676. The van der Waals surface area contributed by atoms with Crippen molar-refractivity contribution in [1.29, 1.82) is 0 Å². The zero-order valence-electron chi connectivity index (χ0n) is 17.7. The van der Waals surface area contributed by atoms with Crippen molar-refractivity contribution < 1.29 is 9.47 Å². The fourth-order valence-corrected chi connectivity index (χ4v) is 2.58. The van der Waals surface area contributed by atoms with E-state index in [1.807, 2.05) is 6.92 Å². The van der Waals surface area contributed by atoms with Crippen LogP contribution in [0.15, 0.2) is 29.3 Å². The summed E-state index contributed by atoms with van der Waals surface area (Å²) < 4.78 is 11.4. The van der Waals surface area contributed by atoms with Crippen LogP contribution in [0.1, 0.15) is 52.2 Å². The molecule has 0 aliphatic heterocycles. The average Bonchev–Trinajstić information content (AvgIpc) is 2.62. The van der Waals surface area contributed by atoms with E-state index in [1.165, 1.54) is 11.1 Å². The van der Waals surface area contributed by atoms with Crippen molar-refractivity contribution in [2.24, 2.45) is 10.9 Å². The van der Waals surface area contributed by atoms with E-state index in [4.69, 9.17) is 9.47 Å². The largest absolute Gasteiger partial charge is 0.378 e. The smallest absolute Gasteiger partial charge is 0.191 e. The number of guanidine groups is 1. The van der Waals surface area contributed by atoms with E-state index in [1.54, 1.807) is 7.05 Å². The number of rotatable bonds is 11. The predicted octanol–water partition coefficient (Wildman–Crippen LogP) is 4.35.